The second-order valence-electron chi connectivity index (χ2n) is 5.47. The van der Waals surface area contributed by atoms with Gasteiger partial charge in [0.2, 0.25) is 0 Å². The van der Waals surface area contributed by atoms with Crippen molar-refractivity contribution >= 4 is 0 Å². The molecular formula is C17H17F3N. The van der Waals surface area contributed by atoms with Gasteiger partial charge in [-0.05, 0) is 31.0 Å². The van der Waals surface area contributed by atoms with E-state index < -0.39 is 23.2 Å². The van der Waals surface area contributed by atoms with Crippen molar-refractivity contribution in [3.63, 3.8) is 0 Å². The standard InChI is InChI=1S/C17H17F3N/c1-16(2,21)15(12-7-4-3-5-8-12)13-9-6-10-14(11-13)17(18,19)20/h3-11,15H,1,21H2,2H3. The van der Waals surface area contributed by atoms with E-state index in [2.05, 4.69) is 6.92 Å². The fourth-order valence-corrected chi connectivity index (χ4v) is 2.49. The van der Waals surface area contributed by atoms with Gasteiger partial charge in [-0.1, -0.05) is 48.5 Å². The van der Waals surface area contributed by atoms with Crippen molar-refractivity contribution in [1.29, 1.82) is 0 Å². The lowest BCUT2D eigenvalue weighted by Crippen LogP contribution is -2.40. The minimum atomic E-state index is -4.37. The van der Waals surface area contributed by atoms with Crippen LogP contribution in [0, 0.1) is 6.92 Å². The van der Waals surface area contributed by atoms with Gasteiger partial charge in [0, 0.05) is 11.5 Å². The minimum Gasteiger partial charge on any atom is -0.324 e. The van der Waals surface area contributed by atoms with E-state index in [1.165, 1.54) is 6.07 Å². The third-order valence-corrected chi connectivity index (χ3v) is 3.34. The average Bonchev–Trinajstić information content (AvgIpc) is 2.38. The van der Waals surface area contributed by atoms with Gasteiger partial charge in [-0.25, -0.2) is 0 Å². The van der Waals surface area contributed by atoms with Gasteiger partial charge >= 0.3 is 6.18 Å². The molecule has 0 spiro atoms. The van der Waals surface area contributed by atoms with E-state index in [9.17, 15) is 13.2 Å². The Balaban J connectivity index is 2.53. The summed E-state index contributed by atoms with van der Waals surface area (Å²) >= 11 is 0. The van der Waals surface area contributed by atoms with E-state index in [1.807, 2.05) is 30.3 Å². The van der Waals surface area contributed by atoms with Gasteiger partial charge in [0.05, 0.1) is 5.56 Å². The second-order valence-corrected chi connectivity index (χ2v) is 5.47. The molecule has 1 nitrogen and oxygen atoms in total. The third-order valence-electron chi connectivity index (χ3n) is 3.34. The van der Waals surface area contributed by atoms with Gasteiger partial charge in [-0.15, -0.1) is 0 Å². The van der Waals surface area contributed by atoms with Crippen LogP contribution in [0.2, 0.25) is 0 Å². The Morgan fingerprint density at radius 2 is 1.52 bits per heavy atom. The maximum Gasteiger partial charge on any atom is 0.416 e. The normalized spacial score (nSPS) is 14.0. The highest BCUT2D eigenvalue weighted by Gasteiger charge is 2.33. The predicted molar refractivity (Wildman–Crippen MR) is 77.7 cm³/mol. The molecule has 0 saturated carbocycles. The summed E-state index contributed by atoms with van der Waals surface area (Å²) in [6, 6.07) is 14.5. The van der Waals surface area contributed by atoms with E-state index >= 15 is 0 Å². The lowest BCUT2D eigenvalue weighted by molar-refractivity contribution is -0.137. The summed E-state index contributed by atoms with van der Waals surface area (Å²) in [5.41, 5.74) is 5.86. The van der Waals surface area contributed by atoms with Crippen LogP contribution >= 0.6 is 0 Å². The van der Waals surface area contributed by atoms with Crippen molar-refractivity contribution < 1.29 is 13.2 Å². The quantitative estimate of drug-likeness (QED) is 0.892. The van der Waals surface area contributed by atoms with Crippen LogP contribution in [0.5, 0.6) is 0 Å². The highest BCUT2D eigenvalue weighted by atomic mass is 19.4. The zero-order valence-electron chi connectivity index (χ0n) is 11.7. The van der Waals surface area contributed by atoms with Crippen LogP contribution in [-0.4, -0.2) is 5.54 Å². The first kappa shape index (κ1) is 15.6. The number of hydrogen-bond donors (Lipinski definition) is 1. The Hall–Kier alpha value is -1.81. The zero-order chi connectivity index (χ0) is 15.7. The number of alkyl halides is 3. The fraction of sp³-hybridized carbons (Fsp3) is 0.235. The summed E-state index contributed by atoms with van der Waals surface area (Å²) in [4.78, 5) is 0. The van der Waals surface area contributed by atoms with Gasteiger partial charge in [0.15, 0.2) is 0 Å². The van der Waals surface area contributed by atoms with Crippen LogP contribution in [0.1, 0.15) is 29.5 Å². The molecule has 2 aromatic rings. The number of rotatable bonds is 3. The molecule has 4 heteroatoms. The molecule has 0 aromatic heterocycles. The Morgan fingerprint density at radius 1 is 0.952 bits per heavy atom. The second kappa shape index (κ2) is 5.53. The van der Waals surface area contributed by atoms with Crippen molar-refractivity contribution in [1.82, 2.24) is 0 Å². The van der Waals surface area contributed by atoms with Crippen LogP contribution in [0.3, 0.4) is 0 Å². The van der Waals surface area contributed by atoms with E-state index in [1.54, 1.807) is 13.0 Å². The van der Waals surface area contributed by atoms with Crippen molar-refractivity contribution in [3.8, 4) is 0 Å². The first-order valence-corrected chi connectivity index (χ1v) is 6.56. The first-order valence-electron chi connectivity index (χ1n) is 6.56. The third kappa shape index (κ3) is 3.64. The van der Waals surface area contributed by atoms with Crippen LogP contribution in [-0.2, 0) is 6.18 Å². The summed E-state index contributed by atoms with van der Waals surface area (Å²) in [6.07, 6.45) is -4.37. The maximum atomic E-state index is 12.9. The molecule has 0 aliphatic heterocycles. The molecule has 111 valence electrons. The topological polar surface area (TPSA) is 26.0 Å². The van der Waals surface area contributed by atoms with Crippen LogP contribution in [0.25, 0.3) is 0 Å². The molecule has 2 rings (SSSR count). The van der Waals surface area contributed by atoms with E-state index in [-0.39, 0.29) is 0 Å². The molecule has 0 fully saturated rings. The molecule has 2 atom stereocenters. The van der Waals surface area contributed by atoms with Crippen molar-refractivity contribution in [2.24, 2.45) is 5.73 Å². The molecule has 2 N–H and O–H groups in total. The molecule has 0 heterocycles. The first-order chi connectivity index (χ1) is 9.69. The lowest BCUT2D eigenvalue weighted by Gasteiger charge is -2.31. The Labute approximate surface area is 122 Å². The summed E-state index contributed by atoms with van der Waals surface area (Å²) in [5.74, 6) is -0.416. The molecule has 0 saturated heterocycles. The summed E-state index contributed by atoms with van der Waals surface area (Å²) < 4.78 is 38.7. The lowest BCUT2D eigenvalue weighted by atomic mass is 9.77. The molecule has 2 unspecified atom stereocenters. The Morgan fingerprint density at radius 3 is 2.05 bits per heavy atom. The summed E-state index contributed by atoms with van der Waals surface area (Å²) in [5, 5.41) is 0. The van der Waals surface area contributed by atoms with Crippen molar-refractivity contribution in [2.45, 2.75) is 24.6 Å². The molecule has 1 radical (unpaired) electrons. The number of halogens is 3. The zero-order valence-corrected chi connectivity index (χ0v) is 11.7. The van der Waals surface area contributed by atoms with Gasteiger partial charge in [-0.3, -0.25) is 0 Å². The van der Waals surface area contributed by atoms with E-state index in [0.717, 1.165) is 17.7 Å². The fourth-order valence-electron chi connectivity index (χ4n) is 2.49. The molecule has 0 aliphatic carbocycles. The van der Waals surface area contributed by atoms with E-state index in [0.29, 0.717) is 5.56 Å². The number of nitrogens with two attached hydrogens (primary N) is 1. The van der Waals surface area contributed by atoms with Crippen LogP contribution in [0.15, 0.2) is 54.6 Å². The number of benzene rings is 2. The van der Waals surface area contributed by atoms with Gasteiger partial charge in [0.1, 0.15) is 0 Å². The van der Waals surface area contributed by atoms with Crippen molar-refractivity contribution in [2.75, 3.05) is 0 Å². The summed E-state index contributed by atoms with van der Waals surface area (Å²) in [6.45, 7) is 5.63. The maximum absolute atomic E-state index is 12.9. The van der Waals surface area contributed by atoms with Gasteiger partial charge in [0.25, 0.3) is 0 Å². The number of hydrogen-bond acceptors (Lipinski definition) is 1. The predicted octanol–water partition coefficient (Wildman–Crippen LogP) is 4.39. The van der Waals surface area contributed by atoms with E-state index in [4.69, 9.17) is 5.73 Å². The van der Waals surface area contributed by atoms with Gasteiger partial charge in [-0.2, -0.15) is 13.2 Å². The van der Waals surface area contributed by atoms with Crippen LogP contribution in [0.4, 0.5) is 13.2 Å². The van der Waals surface area contributed by atoms with Crippen LogP contribution < -0.4 is 5.73 Å². The smallest absolute Gasteiger partial charge is 0.324 e. The summed E-state index contributed by atoms with van der Waals surface area (Å²) in [7, 11) is 0. The molecule has 0 amide bonds. The monoisotopic (exact) mass is 292 g/mol. The molecule has 0 bridgehead atoms. The average molecular weight is 292 g/mol. The highest BCUT2D eigenvalue weighted by molar-refractivity contribution is 5.39. The minimum absolute atomic E-state index is 0.416. The molecule has 2 aromatic carbocycles. The largest absolute Gasteiger partial charge is 0.416 e. The van der Waals surface area contributed by atoms with Gasteiger partial charge < -0.3 is 5.73 Å². The molecular weight excluding hydrogens is 275 g/mol. The Kier molecular flexibility index (Phi) is 4.10. The molecule has 0 aliphatic rings. The Bertz CT molecular complexity index is 597. The molecule has 21 heavy (non-hydrogen) atoms. The van der Waals surface area contributed by atoms with Crippen molar-refractivity contribution in [3.05, 3.63) is 78.2 Å². The highest BCUT2D eigenvalue weighted by Crippen LogP contribution is 2.36. The SMILES string of the molecule is [CH2]C(C)(N)C(c1ccccc1)c1cccc(C(F)(F)F)c1.